The Bertz CT molecular complexity index is 1550. The molecule has 210 valence electrons. The fourth-order valence-corrected chi connectivity index (χ4v) is 5.42. The van der Waals surface area contributed by atoms with E-state index in [1.54, 1.807) is 18.2 Å². The fourth-order valence-electron chi connectivity index (χ4n) is 4.20. The van der Waals surface area contributed by atoms with Crippen LogP contribution in [0.5, 0.6) is 5.75 Å². The summed E-state index contributed by atoms with van der Waals surface area (Å²) >= 11 is 0. The van der Waals surface area contributed by atoms with Crippen LogP contribution in [0.25, 0.3) is 10.9 Å². The molecule has 0 saturated heterocycles. The molecular formula is C28H29FN4O6S. The molecule has 0 bridgehead atoms. The highest BCUT2D eigenvalue weighted by atomic mass is 32.2. The van der Waals surface area contributed by atoms with Crippen LogP contribution in [-0.2, 0) is 32.5 Å². The molecule has 0 radical (unpaired) electrons. The quantitative estimate of drug-likeness (QED) is 0.170. The maximum absolute atomic E-state index is 13.7. The SMILES string of the molecule is O=C(NCCCCc1ccccc1)C(Cc1ccc(OC(F)C(=O)O)c2[nH]ncc12)NS(=O)(=O)c1ccccc1. The number of amides is 1. The number of carbonyl (C=O) groups excluding carboxylic acids is 1. The first kappa shape index (κ1) is 28.7. The number of aromatic amines is 1. The lowest BCUT2D eigenvalue weighted by atomic mass is 10.0. The number of halogens is 1. The lowest BCUT2D eigenvalue weighted by molar-refractivity contribution is -0.153. The van der Waals surface area contributed by atoms with E-state index in [1.165, 1.54) is 36.0 Å². The van der Waals surface area contributed by atoms with E-state index < -0.39 is 34.3 Å². The van der Waals surface area contributed by atoms with Crippen molar-refractivity contribution < 1.29 is 32.2 Å². The van der Waals surface area contributed by atoms with Gasteiger partial charge in [0.2, 0.25) is 15.9 Å². The first-order chi connectivity index (χ1) is 19.2. The number of fused-ring (bicyclic) bond motifs is 1. The second kappa shape index (κ2) is 13.2. The maximum atomic E-state index is 13.7. The molecule has 0 spiro atoms. The first-order valence-corrected chi connectivity index (χ1v) is 14.1. The number of sulfonamides is 1. The molecule has 1 heterocycles. The minimum absolute atomic E-state index is 0.00975. The summed E-state index contributed by atoms with van der Waals surface area (Å²) in [5.41, 5.74) is 1.93. The molecule has 0 aliphatic carbocycles. The standard InChI is InChI=1S/C28H29FN4O6S/c29-26(28(35)36)39-24-15-14-20(22-18-31-32-25(22)24)17-23(33-40(37,38)21-12-5-2-6-13-21)27(34)30-16-8-7-11-19-9-3-1-4-10-19/h1-6,9-10,12-15,18,23,26,33H,7-8,11,16-17H2,(H,30,34)(H,31,32)(H,35,36). The Morgan fingerprint density at radius 1 is 1.00 bits per heavy atom. The Hall–Kier alpha value is -4.29. The van der Waals surface area contributed by atoms with Crippen molar-refractivity contribution in [1.29, 1.82) is 0 Å². The largest absolute Gasteiger partial charge is 0.476 e. The summed E-state index contributed by atoms with van der Waals surface area (Å²) in [5.74, 6) is -2.38. The zero-order chi connectivity index (χ0) is 28.5. The van der Waals surface area contributed by atoms with Crippen LogP contribution in [0.3, 0.4) is 0 Å². The van der Waals surface area contributed by atoms with Crippen molar-refractivity contribution in [3.05, 3.63) is 90.1 Å². The number of hydrogen-bond acceptors (Lipinski definition) is 6. The summed E-state index contributed by atoms with van der Waals surface area (Å²) < 4.78 is 47.3. The molecule has 40 heavy (non-hydrogen) atoms. The van der Waals surface area contributed by atoms with Crippen molar-refractivity contribution in [3.63, 3.8) is 0 Å². The molecule has 3 aromatic carbocycles. The van der Waals surface area contributed by atoms with Gasteiger partial charge in [-0.05, 0) is 55.0 Å². The normalized spacial score (nSPS) is 13.0. The fraction of sp³-hybridized carbons (Fsp3) is 0.250. The van der Waals surface area contributed by atoms with Gasteiger partial charge in [0.1, 0.15) is 17.3 Å². The molecule has 2 atom stereocenters. The predicted molar refractivity (Wildman–Crippen MR) is 146 cm³/mol. The maximum Gasteiger partial charge on any atom is 0.378 e. The van der Waals surface area contributed by atoms with Gasteiger partial charge in [-0.1, -0.05) is 54.6 Å². The molecule has 0 fully saturated rings. The molecule has 4 aromatic rings. The summed E-state index contributed by atoms with van der Waals surface area (Å²) in [5, 5.41) is 18.6. The smallest absolute Gasteiger partial charge is 0.378 e. The summed E-state index contributed by atoms with van der Waals surface area (Å²) in [6, 6.07) is 19.3. The molecule has 4 rings (SSSR count). The third-order valence-corrected chi connectivity index (χ3v) is 7.71. The summed E-state index contributed by atoms with van der Waals surface area (Å²) in [7, 11) is -4.04. The molecule has 0 aliphatic heterocycles. The summed E-state index contributed by atoms with van der Waals surface area (Å²) in [6.45, 7) is 0.357. The topological polar surface area (TPSA) is 150 Å². The number of carboxylic acid groups (broad SMARTS) is 1. The van der Waals surface area contributed by atoms with Gasteiger partial charge in [-0.25, -0.2) is 13.2 Å². The number of ether oxygens (including phenoxy) is 1. The zero-order valence-corrected chi connectivity index (χ0v) is 22.2. The number of carbonyl (C=O) groups is 2. The van der Waals surface area contributed by atoms with Crippen molar-refractivity contribution in [2.75, 3.05) is 6.54 Å². The van der Waals surface area contributed by atoms with Crippen molar-refractivity contribution >= 4 is 32.8 Å². The van der Waals surface area contributed by atoms with E-state index in [0.717, 1.165) is 12.8 Å². The second-order valence-electron chi connectivity index (χ2n) is 9.08. The van der Waals surface area contributed by atoms with E-state index in [0.29, 0.717) is 23.9 Å². The number of aromatic nitrogens is 2. The minimum atomic E-state index is -4.04. The molecule has 0 saturated carbocycles. The van der Waals surface area contributed by atoms with Gasteiger partial charge >= 0.3 is 12.3 Å². The number of rotatable bonds is 14. The van der Waals surface area contributed by atoms with Crippen LogP contribution in [0, 0.1) is 0 Å². The predicted octanol–water partition coefficient (Wildman–Crippen LogP) is 3.35. The number of nitrogens with zero attached hydrogens (tertiary/aromatic N) is 1. The Kier molecular flexibility index (Phi) is 9.46. The van der Waals surface area contributed by atoms with E-state index >= 15 is 0 Å². The van der Waals surface area contributed by atoms with E-state index in [2.05, 4.69) is 20.2 Å². The van der Waals surface area contributed by atoms with Crippen LogP contribution >= 0.6 is 0 Å². The van der Waals surface area contributed by atoms with Crippen LogP contribution in [0.15, 0.2) is 83.9 Å². The number of carboxylic acids is 1. The Morgan fingerprint density at radius 3 is 2.40 bits per heavy atom. The number of benzene rings is 3. The molecule has 10 nitrogen and oxygen atoms in total. The van der Waals surface area contributed by atoms with Gasteiger partial charge in [0, 0.05) is 11.9 Å². The van der Waals surface area contributed by atoms with Gasteiger partial charge in [0.05, 0.1) is 11.1 Å². The van der Waals surface area contributed by atoms with Gasteiger partial charge in [-0.3, -0.25) is 9.89 Å². The lowest BCUT2D eigenvalue weighted by Crippen LogP contribution is -2.48. The molecule has 4 N–H and O–H groups in total. The van der Waals surface area contributed by atoms with Gasteiger partial charge < -0.3 is 15.2 Å². The van der Waals surface area contributed by atoms with E-state index in [-0.39, 0.29) is 22.6 Å². The van der Waals surface area contributed by atoms with Crippen LogP contribution in [-0.4, -0.2) is 54.5 Å². The van der Waals surface area contributed by atoms with Crippen molar-refractivity contribution in [2.45, 2.75) is 43.0 Å². The molecule has 2 unspecified atom stereocenters. The van der Waals surface area contributed by atoms with Crippen LogP contribution < -0.4 is 14.8 Å². The summed E-state index contributed by atoms with van der Waals surface area (Å²) in [6.07, 6.45) is 1.16. The van der Waals surface area contributed by atoms with Crippen LogP contribution in [0.1, 0.15) is 24.0 Å². The summed E-state index contributed by atoms with van der Waals surface area (Å²) in [4.78, 5) is 24.1. The number of unbranched alkanes of at least 4 members (excludes halogenated alkanes) is 1. The highest BCUT2D eigenvalue weighted by molar-refractivity contribution is 7.89. The highest BCUT2D eigenvalue weighted by Crippen LogP contribution is 2.29. The Morgan fingerprint density at radius 2 is 1.70 bits per heavy atom. The number of aliphatic carboxylic acids is 1. The zero-order valence-electron chi connectivity index (χ0n) is 21.4. The average Bonchev–Trinajstić information content (AvgIpc) is 3.45. The van der Waals surface area contributed by atoms with Crippen LogP contribution in [0.2, 0.25) is 0 Å². The van der Waals surface area contributed by atoms with Crippen LogP contribution in [0.4, 0.5) is 4.39 Å². The molecule has 12 heteroatoms. The monoisotopic (exact) mass is 568 g/mol. The number of nitrogens with one attached hydrogen (secondary N) is 3. The van der Waals surface area contributed by atoms with E-state index in [4.69, 9.17) is 9.84 Å². The van der Waals surface area contributed by atoms with E-state index in [9.17, 15) is 22.4 Å². The number of H-pyrrole nitrogens is 1. The average molecular weight is 569 g/mol. The van der Waals surface area contributed by atoms with Crippen molar-refractivity contribution in [2.24, 2.45) is 0 Å². The van der Waals surface area contributed by atoms with Crippen molar-refractivity contribution in [1.82, 2.24) is 20.2 Å². The number of alkyl halides is 1. The number of hydrogen-bond donors (Lipinski definition) is 4. The number of aryl methyl sites for hydroxylation is 1. The molecular weight excluding hydrogens is 539 g/mol. The lowest BCUT2D eigenvalue weighted by Gasteiger charge is -2.20. The molecule has 1 amide bonds. The van der Waals surface area contributed by atoms with E-state index in [1.807, 2.05) is 30.3 Å². The molecule has 0 aliphatic rings. The first-order valence-electron chi connectivity index (χ1n) is 12.6. The van der Waals surface area contributed by atoms with Gasteiger partial charge in [0.15, 0.2) is 0 Å². The van der Waals surface area contributed by atoms with Gasteiger partial charge in [-0.15, -0.1) is 0 Å². The Balaban J connectivity index is 1.50. The molecule has 1 aromatic heterocycles. The highest BCUT2D eigenvalue weighted by Gasteiger charge is 2.27. The van der Waals surface area contributed by atoms with Gasteiger partial charge in [0.25, 0.3) is 0 Å². The second-order valence-corrected chi connectivity index (χ2v) is 10.8. The minimum Gasteiger partial charge on any atom is -0.476 e. The van der Waals surface area contributed by atoms with Gasteiger partial charge in [-0.2, -0.15) is 14.2 Å². The third kappa shape index (κ3) is 7.42. The third-order valence-electron chi connectivity index (χ3n) is 6.22. The van der Waals surface area contributed by atoms with Crippen molar-refractivity contribution in [3.8, 4) is 5.75 Å². The Labute approximate surface area is 230 Å².